The summed E-state index contributed by atoms with van der Waals surface area (Å²) in [5, 5.41) is 9.35. The number of anilines is 2. The Labute approximate surface area is 222 Å². The number of nitrogens with one attached hydrogen (secondary N) is 2. The summed E-state index contributed by atoms with van der Waals surface area (Å²) in [6.45, 7) is 0.158. The van der Waals surface area contributed by atoms with Crippen LogP contribution in [0.25, 0.3) is 10.9 Å². The monoisotopic (exact) mass is 543 g/mol. The molecule has 0 aliphatic rings. The van der Waals surface area contributed by atoms with Crippen molar-refractivity contribution in [3.05, 3.63) is 54.6 Å². The molecule has 11 nitrogen and oxygen atoms in total. The molecule has 206 valence electrons. The number of ether oxygens (including phenoxy) is 4. The quantitative estimate of drug-likeness (QED) is 0.229. The van der Waals surface area contributed by atoms with E-state index >= 15 is 0 Å². The third-order valence-electron chi connectivity index (χ3n) is 5.67. The minimum atomic E-state index is -1.47. The molecule has 39 heavy (non-hydrogen) atoms. The molecule has 0 unspecified atom stereocenters. The number of carbonyl (C=O) groups is 1. The Bertz CT molecular complexity index is 1430. The predicted molar refractivity (Wildman–Crippen MR) is 138 cm³/mol. The zero-order valence-corrected chi connectivity index (χ0v) is 21.5. The van der Waals surface area contributed by atoms with Crippen molar-refractivity contribution in [3.63, 3.8) is 0 Å². The number of methoxy groups -OCH3 is 2. The molecule has 0 saturated carbocycles. The van der Waals surface area contributed by atoms with E-state index in [9.17, 15) is 13.6 Å². The first-order valence-electron chi connectivity index (χ1n) is 11.8. The Morgan fingerprint density at radius 3 is 2.59 bits per heavy atom. The lowest BCUT2D eigenvalue weighted by atomic mass is 9.91. The number of aromatic nitrogens is 3. The SMILES string of the molecule is COCCOc1cc2ncnc(Oc3cccc(NC(=O)Nc4cc(C(C)(CF)CF)on4)c3)c2cc1OC. The Balaban J connectivity index is 1.47. The first kappa shape index (κ1) is 27.5. The number of amides is 2. The topological polar surface area (TPSA) is 130 Å². The summed E-state index contributed by atoms with van der Waals surface area (Å²) in [5.74, 6) is 1.62. The minimum Gasteiger partial charge on any atom is -0.493 e. The normalized spacial score (nSPS) is 11.3. The molecule has 0 atom stereocenters. The van der Waals surface area contributed by atoms with Crippen LogP contribution in [-0.2, 0) is 10.2 Å². The molecule has 13 heteroatoms. The van der Waals surface area contributed by atoms with Crippen LogP contribution in [0.15, 0.2) is 53.3 Å². The van der Waals surface area contributed by atoms with Gasteiger partial charge in [0.05, 0.1) is 30.0 Å². The van der Waals surface area contributed by atoms with Crippen molar-refractivity contribution >= 4 is 28.4 Å². The van der Waals surface area contributed by atoms with Crippen molar-refractivity contribution in [1.29, 1.82) is 0 Å². The molecule has 2 aromatic carbocycles. The highest BCUT2D eigenvalue weighted by atomic mass is 19.1. The van der Waals surface area contributed by atoms with Crippen LogP contribution >= 0.6 is 0 Å². The average Bonchev–Trinajstić information content (AvgIpc) is 3.41. The van der Waals surface area contributed by atoms with Crippen LogP contribution in [0.2, 0.25) is 0 Å². The van der Waals surface area contributed by atoms with Crippen LogP contribution < -0.4 is 24.8 Å². The number of benzene rings is 2. The molecule has 0 fully saturated rings. The van der Waals surface area contributed by atoms with Gasteiger partial charge in [-0.3, -0.25) is 5.32 Å². The summed E-state index contributed by atoms with van der Waals surface area (Å²) in [5.41, 5.74) is -0.496. The van der Waals surface area contributed by atoms with Gasteiger partial charge >= 0.3 is 6.03 Å². The summed E-state index contributed by atoms with van der Waals surface area (Å²) in [4.78, 5) is 21.0. The van der Waals surface area contributed by atoms with Crippen molar-refractivity contribution < 1.29 is 37.0 Å². The maximum Gasteiger partial charge on any atom is 0.324 e. The van der Waals surface area contributed by atoms with Crippen LogP contribution in [-0.4, -0.2) is 61.9 Å². The lowest BCUT2D eigenvalue weighted by Crippen LogP contribution is -2.26. The third-order valence-corrected chi connectivity index (χ3v) is 5.67. The Morgan fingerprint density at radius 2 is 1.85 bits per heavy atom. The molecule has 2 heterocycles. The number of rotatable bonds is 12. The van der Waals surface area contributed by atoms with Crippen LogP contribution in [0.1, 0.15) is 12.7 Å². The second-order valence-electron chi connectivity index (χ2n) is 8.65. The molecule has 0 aliphatic carbocycles. The number of hydrogen-bond acceptors (Lipinski definition) is 9. The van der Waals surface area contributed by atoms with Crippen molar-refractivity contribution in [2.45, 2.75) is 12.3 Å². The lowest BCUT2D eigenvalue weighted by molar-refractivity contribution is 0.144. The van der Waals surface area contributed by atoms with Gasteiger partial charge in [-0.15, -0.1) is 0 Å². The molecular formula is C26H27F2N5O6. The molecule has 2 amide bonds. The molecule has 0 radical (unpaired) electrons. The van der Waals surface area contributed by atoms with Crippen LogP contribution in [0, 0.1) is 0 Å². The van der Waals surface area contributed by atoms with E-state index in [1.54, 1.807) is 43.5 Å². The Hall–Kier alpha value is -4.52. The molecule has 2 aromatic heterocycles. The van der Waals surface area contributed by atoms with E-state index in [1.165, 1.54) is 26.4 Å². The molecular weight excluding hydrogens is 516 g/mol. The van der Waals surface area contributed by atoms with Crippen molar-refractivity contribution in [1.82, 2.24) is 15.1 Å². The highest BCUT2D eigenvalue weighted by molar-refractivity contribution is 5.99. The second-order valence-corrected chi connectivity index (χ2v) is 8.65. The van der Waals surface area contributed by atoms with Crippen LogP contribution in [0.4, 0.5) is 25.1 Å². The number of alkyl halides is 2. The average molecular weight is 544 g/mol. The van der Waals surface area contributed by atoms with E-state index in [1.807, 2.05) is 0 Å². The van der Waals surface area contributed by atoms with Gasteiger partial charge in [0.15, 0.2) is 17.3 Å². The fourth-order valence-electron chi connectivity index (χ4n) is 3.44. The smallest absolute Gasteiger partial charge is 0.324 e. The fraction of sp³-hybridized carbons (Fsp3) is 0.308. The standard InChI is InChI=1S/C26H27F2N5O6/c1-26(13-27,14-28)22-12-23(33-39-22)32-25(34)31-16-5-4-6-17(9-16)38-24-18-10-20(36-3)21(37-8-7-35-2)11-19(18)29-15-30-24/h4-6,9-12,15H,7-8,13-14H2,1-3H3,(H2,31,32,33,34). The maximum atomic E-state index is 13.2. The van der Waals surface area contributed by atoms with Crippen molar-refractivity contribution in [2.75, 3.05) is 51.4 Å². The number of carbonyl (C=O) groups excluding carboxylic acids is 1. The summed E-state index contributed by atoms with van der Waals surface area (Å²) >= 11 is 0. The van der Waals surface area contributed by atoms with Crippen LogP contribution in [0.3, 0.4) is 0 Å². The van der Waals surface area contributed by atoms with Crippen molar-refractivity contribution in [3.8, 4) is 23.1 Å². The molecule has 4 rings (SSSR count). The predicted octanol–water partition coefficient (Wildman–Crippen LogP) is 5.28. The molecule has 0 aliphatic heterocycles. The minimum absolute atomic E-state index is 0.00926. The zero-order valence-electron chi connectivity index (χ0n) is 21.5. The molecule has 0 spiro atoms. The van der Waals surface area contributed by atoms with Gasteiger partial charge in [0.25, 0.3) is 0 Å². The third kappa shape index (κ3) is 6.49. The van der Waals surface area contributed by atoms with E-state index in [-0.39, 0.29) is 17.5 Å². The van der Waals surface area contributed by atoms with E-state index in [0.29, 0.717) is 47.1 Å². The number of nitrogens with zero attached hydrogens (tertiary/aromatic N) is 3. The first-order chi connectivity index (χ1) is 18.9. The molecule has 0 bridgehead atoms. The van der Waals surface area contributed by atoms with Gasteiger partial charge in [-0.25, -0.2) is 23.5 Å². The van der Waals surface area contributed by atoms with Gasteiger partial charge in [-0.1, -0.05) is 11.2 Å². The lowest BCUT2D eigenvalue weighted by Gasteiger charge is -2.17. The first-order valence-corrected chi connectivity index (χ1v) is 11.8. The summed E-state index contributed by atoms with van der Waals surface area (Å²) in [6, 6.07) is 10.7. The van der Waals surface area contributed by atoms with Gasteiger partial charge in [0.2, 0.25) is 5.88 Å². The summed E-state index contributed by atoms with van der Waals surface area (Å²) < 4.78 is 53.6. The fourth-order valence-corrected chi connectivity index (χ4v) is 3.44. The summed E-state index contributed by atoms with van der Waals surface area (Å²) in [6.07, 6.45) is 1.36. The highest BCUT2D eigenvalue weighted by Crippen LogP contribution is 2.36. The second kappa shape index (κ2) is 12.3. The van der Waals surface area contributed by atoms with Gasteiger partial charge in [0.1, 0.15) is 37.8 Å². The van der Waals surface area contributed by atoms with Crippen LogP contribution in [0.5, 0.6) is 23.1 Å². The molecule has 4 aromatic rings. The molecule has 2 N–H and O–H groups in total. The highest BCUT2D eigenvalue weighted by Gasteiger charge is 2.32. The molecule has 0 saturated heterocycles. The van der Waals surface area contributed by atoms with E-state index < -0.39 is 24.8 Å². The number of urea groups is 1. The van der Waals surface area contributed by atoms with Gasteiger partial charge < -0.3 is 28.8 Å². The Morgan fingerprint density at radius 1 is 1.03 bits per heavy atom. The Kier molecular flexibility index (Phi) is 8.71. The van der Waals surface area contributed by atoms with E-state index in [4.69, 9.17) is 23.5 Å². The zero-order chi connectivity index (χ0) is 27.8. The maximum absolute atomic E-state index is 13.2. The van der Waals surface area contributed by atoms with Gasteiger partial charge in [-0.05, 0) is 25.1 Å². The van der Waals surface area contributed by atoms with Crippen molar-refractivity contribution in [2.24, 2.45) is 0 Å². The van der Waals surface area contributed by atoms with E-state index in [0.717, 1.165) is 0 Å². The summed E-state index contributed by atoms with van der Waals surface area (Å²) in [7, 11) is 3.11. The number of hydrogen-bond donors (Lipinski definition) is 2. The number of halogens is 2. The largest absolute Gasteiger partial charge is 0.493 e. The van der Waals surface area contributed by atoms with Gasteiger partial charge in [0, 0.05) is 31.0 Å². The van der Waals surface area contributed by atoms with E-state index in [2.05, 4.69) is 25.8 Å². The number of fused-ring (bicyclic) bond motifs is 1. The van der Waals surface area contributed by atoms with Gasteiger partial charge in [-0.2, -0.15) is 0 Å².